The molecule has 0 aliphatic carbocycles. The Balaban J connectivity index is 3.30. The van der Waals surface area contributed by atoms with Crippen molar-refractivity contribution < 1.29 is 0 Å². The Hall–Kier alpha value is -0.300. The van der Waals surface area contributed by atoms with E-state index < -0.39 is 0 Å². The van der Waals surface area contributed by atoms with Gasteiger partial charge in [0.25, 0.3) is 0 Å². The molecule has 0 fully saturated rings. The minimum absolute atomic E-state index is 1.24. The van der Waals surface area contributed by atoms with E-state index in [0.29, 0.717) is 0 Å². The summed E-state index contributed by atoms with van der Waals surface area (Å²) in [7, 11) is 2.24. The van der Waals surface area contributed by atoms with Crippen molar-refractivity contribution in [2.45, 2.75) is 117 Å². The van der Waals surface area contributed by atoms with Crippen LogP contribution >= 0.6 is 0 Å². The van der Waals surface area contributed by atoms with Gasteiger partial charge < -0.3 is 4.90 Å². The average Bonchev–Trinajstić information content (AvgIpc) is 2.57. The molecule has 24 heavy (non-hydrogen) atoms. The van der Waals surface area contributed by atoms with E-state index in [1.165, 1.54) is 109 Å². The van der Waals surface area contributed by atoms with Gasteiger partial charge in [-0.3, -0.25) is 0 Å². The maximum absolute atomic E-state index is 2.48. The molecule has 1 heteroatoms. The molecule has 0 aliphatic rings. The molecule has 0 saturated carbocycles. The van der Waals surface area contributed by atoms with Gasteiger partial charge in [-0.05, 0) is 59.2 Å². The van der Waals surface area contributed by atoms with Crippen LogP contribution in [0.5, 0.6) is 0 Å². The van der Waals surface area contributed by atoms with Gasteiger partial charge in [0.05, 0.1) is 0 Å². The molecular formula is C23H47N. The standard InChI is InChI=1S/C23H47N/c1-5-7-8-9-10-11-12-13-14-15-16-19-23(3)20-17-18-22-24(4)21-6-2/h20H,5-19,21-22H2,1-4H3/b23-20+. The van der Waals surface area contributed by atoms with Crippen LogP contribution in [-0.2, 0) is 0 Å². The summed E-state index contributed by atoms with van der Waals surface area (Å²) in [6.45, 7) is 9.36. The Labute approximate surface area is 154 Å². The van der Waals surface area contributed by atoms with Crippen LogP contribution < -0.4 is 0 Å². The third-order valence-corrected chi connectivity index (χ3v) is 5.02. The first-order chi connectivity index (χ1) is 11.7. The fourth-order valence-corrected chi connectivity index (χ4v) is 3.37. The molecule has 1 nitrogen and oxygen atoms in total. The molecule has 0 aromatic heterocycles. The van der Waals surface area contributed by atoms with Crippen LogP contribution in [0.1, 0.15) is 117 Å². The van der Waals surface area contributed by atoms with E-state index in [0.717, 1.165) is 0 Å². The molecule has 0 spiro atoms. The fraction of sp³-hybridized carbons (Fsp3) is 0.913. The van der Waals surface area contributed by atoms with Crippen molar-refractivity contribution in [2.75, 3.05) is 20.1 Å². The van der Waals surface area contributed by atoms with Crippen LogP contribution in [0.25, 0.3) is 0 Å². The highest BCUT2D eigenvalue weighted by atomic mass is 15.1. The van der Waals surface area contributed by atoms with Crippen LogP contribution in [-0.4, -0.2) is 25.0 Å². The zero-order valence-electron chi connectivity index (χ0n) is 17.5. The molecule has 0 aromatic carbocycles. The smallest absolute Gasteiger partial charge is 0.00188 e. The van der Waals surface area contributed by atoms with E-state index >= 15 is 0 Å². The molecule has 0 aliphatic heterocycles. The van der Waals surface area contributed by atoms with Gasteiger partial charge in [0.15, 0.2) is 0 Å². The zero-order chi connectivity index (χ0) is 17.9. The number of nitrogens with zero attached hydrogens (tertiary/aromatic N) is 1. The Kier molecular flexibility index (Phi) is 18.8. The monoisotopic (exact) mass is 337 g/mol. The third-order valence-electron chi connectivity index (χ3n) is 5.02. The first-order valence-corrected chi connectivity index (χ1v) is 11.0. The molecule has 0 N–H and O–H groups in total. The normalized spacial score (nSPS) is 12.3. The van der Waals surface area contributed by atoms with Crippen LogP contribution in [0.2, 0.25) is 0 Å². The number of hydrogen-bond acceptors (Lipinski definition) is 1. The molecule has 0 bridgehead atoms. The van der Waals surface area contributed by atoms with Crippen molar-refractivity contribution in [1.29, 1.82) is 0 Å². The minimum atomic E-state index is 1.24. The minimum Gasteiger partial charge on any atom is -0.306 e. The summed E-state index contributed by atoms with van der Waals surface area (Å²) < 4.78 is 0. The first-order valence-electron chi connectivity index (χ1n) is 11.0. The van der Waals surface area contributed by atoms with E-state index in [9.17, 15) is 0 Å². The van der Waals surface area contributed by atoms with E-state index in [2.05, 4.69) is 38.8 Å². The van der Waals surface area contributed by atoms with Gasteiger partial charge in [0.1, 0.15) is 0 Å². The summed E-state index contributed by atoms with van der Waals surface area (Å²) in [5.74, 6) is 0. The molecule has 0 heterocycles. The lowest BCUT2D eigenvalue weighted by Gasteiger charge is -2.14. The maximum atomic E-state index is 2.48. The number of hydrogen-bond donors (Lipinski definition) is 0. The Morgan fingerprint density at radius 2 is 1.21 bits per heavy atom. The first kappa shape index (κ1) is 23.7. The number of allylic oxidation sites excluding steroid dienone is 2. The molecule has 0 rings (SSSR count). The fourth-order valence-electron chi connectivity index (χ4n) is 3.37. The number of rotatable bonds is 18. The summed E-state index contributed by atoms with van der Waals surface area (Å²) in [4.78, 5) is 2.45. The van der Waals surface area contributed by atoms with Gasteiger partial charge in [-0.2, -0.15) is 0 Å². The lowest BCUT2D eigenvalue weighted by atomic mass is 10.0. The highest BCUT2D eigenvalue weighted by Gasteiger charge is 1.96. The zero-order valence-corrected chi connectivity index (χ0v) is 17.5. The summed E-state index contributed by atoms with van der Waals surface area (Å²) in [5, 5.41) is 0. The Morgan fingerprint density at radius 1 is 0.667 bits per heavy atom. The third kappa shape index (κ3) is 18.0. The lowest BCUT2D eigenvalue weighted by molar-refractivity contribution is 0.331. The summed E-state index contributed by atoms with van der Waals surface area (Å²) >= 11 is 0. The summed E-state index contributed by atoms with van der Waals surface area (Å²) in [5.41, 5.74) is 1.61. The van der Waals surface area contributed by atoms with E-state index in [1.54, 1.807) is 5.57 Å². The van der Waals surface area contributed by atoms with Gasteiger partial charge in [0, 0.05) is 0 Å². The molecule has 0 atom stereocenters. The van der Waals surface area contributed by atoms with Gasteiger partial charge in [0.2, 0.25) is 0 Å². The summed E-state index contributed by atoms with van der Waals surface area (Å²) in [6.07, 6.45) is 23.5. The van der Waals surface area contributed by atoms with Crippen molar-refractivity contribution >= 4 is 0 Å². The molecule has 144 valence electrons. The van der Waals surface area contributed by atoms with Gasteiger partial charge in [-0.1, -0.05) is 89.7 Å². The predicted molar refractivity (Wildman–Crippen MR) is 112 cm³/mol. The topological polar surface area (TPSA) is 3.24 Å². The molecule has 0 saturated heterocycles. The van der Waals surface area contributed by atoms with Gasteiger partial charge >= 0.3 is 0 Å². The molecule has 0 amide bonds. The van der Waals surface area contributed by atoms with E-state index in [1.807, 2.05) is 0 Å². The van der Waals surface area contributed by atoms with Gasteiger partial charge in [-0.25, -0.2) is 0 Å². The summed E-state index contributed by atoms with van der Waals surface area (Å²) in [6, 6.07) is 0. The van der Waals surface area contributed by atoms with E-state index in [4.69, 9.17) is 0 Å². The highest BCUT2D eigenvalue weighted by Crippen LogP contribution is 2.14. The Morgan fingerprint density at radius 3 is 1.75 bits per heavy atom. The van der Waals surface area contributed by atoms with Crippen LogP contribution in [0.3, 0.4) is 0 Å². The molecule has 0 aromatic rings. The second-order valence-corrected chi connectivity index (χ2v) is 7.78. The quantitative estimate of drug-likeness (QED) is 0.182. The lowest BCUT2D eigenvalue weighted by Crippen LogP contribution is -2.20. The molecular weight excluding hydrogens is 290 g/mol. The van der Waals surface area contributed by atoms with E-state index in [-0.39, 0.29) is 0 Å². The number of unbranched alkanes of at least 4 members (excludes halogenated alkanes) is 11. The van der Waals surface area contributed by atoms with Crippen LogP contribution in [0.15, 0.2) is 11.6 Å². The maximum Gasteiger partial charge on any atom is -0.00188 e. The predicted octanol–water partition coefficient (Wildman–Crippen LogP) is 7.76. The average molecular weight is 338 g/mol. The molecule has 0 radical (unpaired) electrons. The second-order valence-electron chi connectivity index (χ2n) is 7.78. The largest absolute Gasteiger partial charge is 0.306 e. The van der Waals surface area contributed by atoms with Crippen LogP contribution in [0.4, 0.5) is 0 Å². The van der Waals surface area contributed by atoms with Crippen molar-refractivity contribution in [3.63, 3.8) is 0 Å². The SMILES string of the molecule is CCCCCCCCCCCCC/C(C)=C/CCCN(C)CCC. The van der Waals surface area contributed by atoms with Gasteiger partial charge in [-0.15, -0.1) is 0 Å². The van der Waals surface area contributed by atoms with Crippen molar-refractivity contribution in [3.8, 4) is 0 Å². The second kappa shape index (κ2) is 19.0. The van der Waals surface area contributed by atoms with Crippen molar-refractivity contribution in [2.24, 2.45) is 0 Å². The molecule has 0 unspecified atom stereocenters. The van der Waals surface area contributed by atoms with Crippen molar-refractivity contribution in [1.82, 2.24) is 4.90 Å². The Bertz CT molecular complexity index is 269. The van der Waals surface area contributed by atoms with Crippen LogP contribution in [0, 0.1) is 0 Å². The van der Waals surface area contributed by atoms with Crippen molar-refractivity contribution in [3.05, 3.63) is 11.6 Å². The highest BCUT2D eigenvalue weighted by molar-refractivity contribution is 4.97.